The number of ether oxygens (including phenoxy) is 1. The van der Waals surface area contributed by atoms with Crippen LogP contribution in [0.3, 0.4) is 0 Å². The number of nitrogens with one attached hydrogen (secondary N) is 2. The molecule has 1 unspecified atom stereocenters. The van der Waals surface area contributed by atoms with E-state index in [4.69, 9.17) is 4.74 Å². The van der Waals surface area contributed by atoms with Gasteiger partial charge in [0, 0.05) is 19.2 Å². The van der Waals surface area contributed by atoms with Crippen LogP contribution in [0.2, 0.25) is 0 Å². The smallest absolute Gasteiger partial charge is 0.251 e. The largest absolute Gasteiger partial charge is 0.380 e. The fourth-order valence-corrected chi connectivity index (χ4v) is 2.37. The van der Waals surface area contributed by atoms with Gasteiger partial charge in [0.1, 0.15) is 0 Å². The summed E-state index contributed by atoms with van der Waals surface area (Å²) < 4.78 is 5.04. The maximum absolute atomic E-state index is 11.9. The Kier molecular flexibility index (Phi) is 7.59. The topological polar surface area (TPSA) is 50.4 Å². The maximum Gasteiger partial charge on any atom is 0.251 e. The van der Waals surface area contributed by atoms with Gasteiger partial charge in [-0.3, -0.25) is 4.79 Å². The third-order valence-corrected chi connectivity index (χ3v) is 3.53. The number of amides is 1. The predicted molar refractivity (Wildman–Crippen MR) is 82.3 cm³/mol. The molecule has 1 saturated heterocycles. The van der Waals surface area contributed by atoms with E-state index in [2.05, 4.69) is 10.6 Å². The van der Waals surface area contributed by atoms with E-state index in [1.807, 2.05) is 24.3 Å². The normalized spacial score (nSPS) is 17.6. The Bertz CT molecular complexity index is 403. The summed E-state index contributed by atoms with van der Waals surface area (Å²) >= 11 is 0. The van der Waals surface area contributed by atoms with Gasteiger partial charge in [0.25, 0.3) is 5.91 Å². The third-order valence-electron chi connectivity index (χ3n) is 3.53. The highest BCUT2D eigenvalue weighted by molar-refractivity contribution is 5.94. The zero-order valence-electron chi connectivity index (χ0n) is 11.9. The van der Waals surface area contributed by atoms with E-state index in [-0.39, 0.29) is 18.3 Å². The third kappa shape index (κ3) is 5.12. The SMILES string of the molecule is COCc1ccc(C(=O)NCCC2CCNC2)cc1.Cl. The van der Waals surface area contributed by atoms with E-state index in [0.717, 1.165) is 31.6 Å². The van der Waals surface area contributed by atoms with E-state index in [9.17, 15) is 4.79 Å². The van der Waals surface area contributed by atoms with E-state index in [1.165, 1.54) is 6.42 Å². The lowest BCUT2D eigenvalue weighted by atomic mass is 10.1. The second kappa shape index (κ2) is 8.95. The number of hydrogen-bond donors (Lipinski definition) is 2. The molecule has 1 heterocycles. The van der Waals surface area contributed by atoms with Crippen molar-refractivity contribution >= 4 is 18.3 Å². The zero-order chi connectivity index (χ0) is 13.5. The molecular weight excluding hydrogens is 276 g/mol. The molecule has 1 amide bonds. The van der Waals surface area contributed by atoms with Crippen molar-refractivity contribution in [1.82, 2.24) is 10.6 Å². The van der Waals surface area contributed by atoms with Crippen LogP contribution in [-0.2, 0) is 11.3 Å². The quantitative estimate of drug-likeness (QED) is 0.844. The van der Waals surface area contributed by atoms with Gasteiger partial charge >= 0.3 is 0 Å². The Balaban J connectivity index is 0.00000200. The fourth-order valence-electron chi connectivity index (χ4n) is 2.37. The van der Waals surface area contributed by atoms with E-state index < -0.39 is 0 Å². The van der Waals surface area contributed by atoms with Crippen molar-refractivity contribution in [3.05, 3.63) is 35.4 Å². The average Bonchev–Trinajstić information content (AvgIpc) is 2.93. The van der Waals surface area contributed by atoms with Crippen LogP contribution in [0, 0.1) is 5.92 Å². The molecule has 0 bridgehead atoms. The molecule has 1 aromatic rings. The van der Waals surface area contributed by atoms with Crippen molar-refractivity contribution in [3.8, 4) is 0 Å². The van der Waals surface area contributed by atoms with Gasteiger partial charge in [-0.1, -0.05) is 12.1 Å². The Morgan fingerprint density at radius 3 is 2.75 bits per heavy atom. The van der Waals surface area contributed by atoms with Crippen LogP contribution in [0.15, 0.2) is 24.3 Å². The molecule has 1 fully saturated rings. The monoisotopic (exact) mass is 298 g/mol. The summed E-state index contributed by atoms with van der Waals surface area (Å²) in [5, 5.41) is 6.32. The van der Waals surface area contributed by atoms with Crippen molar-refractivity contribution in [1.29, 1.82) is 0 Å². The lowest BCUT2D eigenvalue weighted by Crippen LogP contribution is -2.26. The summed E-state index contributed by atoms with van der Waals surface area (Å²) in [6.45, 7) is 3.53. The summed E-state index contributed by atoms with van der Waals surface area (Å²) in [7, 11) is 1.67. The molecule has 5 heteroatoms. The molecule has 1 aliphatic rings. The second-order valence-electron chi connectivity index (χ2n) is 5.03. The highest BCUT2D eigenvalue weighted by Gasteiger charge is 2.14. The molecule has 2 N–H and O–H groups in total. The number of benzene rings is 1. The van der Waals surface area contributed by atoms with Gasteiger partial charge in [-0.05, 0) is 49.5 Å². The lowest BCUT2D eigenvalue weighted by molar-refractivity contribution is 0.0951. The molecule has 1 aromatic carbocycles. The number of carbonyl (C=O) groups is 1. The number of methoxy groups -OCH3 is 1. The van der Waals surface area contributed by atoms with Crippen LogP contribution >= 0.6 is 12.4 Å². The van der Waals surface area contributed by atoms with Crippen LogP contribution in [0.25, 0.3) is 0 Å². The minimum Gasteiger partial charge on any atom is -0.380 e. The van der Waals surface area contributed by atoms with Crippen molar-refractivity contribution in [2.75, 3.05) is 26.7 Å². The van der Waals surface area contributed by atoms with Crippen LogP contribution in [0.4, 0.5) is 0 Å². The first-order valence-corrected chi connectivity index (χ1v) is 6.86. The van der Waals surface area contributed by atoms with Gasteiger partial charge in [-0.15, -0.1) is 12.4 Å². The molecule has 0 aliphatic carbocycles. The van der Waals surface area contributed by atoms with Crippen LogP contribution in [0.5, 0.6) is 0 Å². The Morgan fingerprint density at radius 1 is 1.40 bits per heavy atom. The predicted octanol–water partition coefficient (Wildman–Crippen LogP) is 1.98. The Labute approximate surface area is 126 Å². The molecule has 1 atom stereocenters. The summed E-state index contributed by atoms with van der Waals surface area (Å²) in [4.78, 5) is 11.9. The standard InChI is InChI=1S/C15H22N2O2.ClH/c1-19-11-13-2-4-14(5-3-13)15(18)17-9-7-12-6-8-16-10-12;/h2-5,12,16H,6-11H2,1H3,(H,17,18);1H. The summed E-state index contributed by atoms with van der Waals surface area (Å²) in [6.07, 6.45) is 2.28. The molecule has 0 aromatic heterocycles. The van der Waals surface area contributed by atoms with Gasteiger partial charge in [-0.25, -0.2) is 0 Å². The van der Waals surface area contributed by atoms with Gasteiger partial charge in [0.15, 0.2) is 0 Å². The van der Waals surface area contributed by atoms with E-state index >= 15 is 0 Å². The minimum absolute atomic E-state index is 0. The second-order valence-corrected chi connectivity index (χ2v) is 5.03. The summed E-state index contributed by atoms with van der Waals surface area (Å²) in [5.41, 5.74) is 1.79. The Hall–Kier alpha value is -1.10. The molecule has 0 saturated carbocycles. The van der Waals surface area contributed by atoms with Gasteiger partial charge in [-0.2, -0.15) is 0 Å². The number of halogens is 1. The molecule has 1 aliphatic heterocycles. The zero-order valence-corrected chi connectivity index (χ0v) is 12.7. The van der Waals surface area contributed by atoms with Crippen LogP contribution in [0.1, 0.15) is 28.8 Å². The average molecular weight is 299 g/mol. The van der Waals surface area contributed by atoms with E-state index in [0.29, 0.717) is 18.1 Å². The van der Waals surface area contributed by atoms with E-state index in [1.54, 1.807) is 7.11 Å². The summed E-state index contributed by atoms with van der Waals surface area (Å²) in [6, 6.07) is 7.56. The van der Waals surface area contributed by atoms with Gasteiger partial charge < -0.3 is 15.4 Å². The highest BCUT2D eigenvalue weighted by atomic mass is 35.5. The fraction of sp³-hybridized carbons (Fsp3) is 0.533. The van der Waals surface area contributed by atoms with Crippen LogP contribution in [-0.4, -0.2) is 32.7 Å². The summed E-state index contributed by atoms with van der Waals surface area (Å²) in [5.74, 6) is 0.722. The van der Waals surface area contributed by atoms with Gasteiger partial charge in [0.05, 0.1) is 6.61 Å². The Morgan fingerprint density at radius 2 is 2.15 bits per heavy atom. The minimum atomic E-state index is 0. The number of hydrogen-bond acceptors (Lipinski definition) is 3. The van der Waals surface area contributed by atoms with Crippen LogP contribution < -0.4 is 10.6 Å². The van der Waals surface area contributed by atoms with Crippen molar-refractivity contribution in [2.45, 2.75) is 19.4 Å². The number of rotatable bonds is 6. The molecule has 20 heavy (non-hydrogen) atoms. The lowest BCUT2D eigenvalue weighted by Gasteiger charge is -2.09. The van der Waals surface area contributed by atoms with Crippen molar-refractivity contribution in [2.24, 2.45) is 5.92 Å². The molecule has 112 valence electrons. The maximum atomic E-state index is 11.9. The van der Waals surface area contributed by atoms with Gasteiger partial charge in [0.2, 0.25) is 0 Å². The molecule has 0 radical (unpaired) electrons. The molecule has 2 rings (SSSR count). The first kappa shape index (κ1) is 17.0. The van der Waals surface area contributed by atoms with Crippen molar-refractivity contribution < 1.29 is 9.53 Å². The molecule has 4 nitrogen and oxygen atoms in total. The molecular formula is C15H23ClN2O2. The number of carbonyl (C=O) groups excluding carboxylic acids is 1. The highest BCUT2D eigenvalue weighted by Crippen LogP contribution is 2.11. The first-order chi connectivity index (χ1) is 9.29. The molecule has 0 spiro atoms. The first-order valence-electron chi connectivity index (χ1n) is 6.86. The van der Waals surface area contributed by atoms with Crippen molar-refractivity contribution in [3.63, 3.8) is 0 Å².